The molecule has 0 atom stereocenters. The summed E-state index contributed by atoms with van der Waals surface area (Å²) in [5, 5.41) is 5.82. The molecular formula is C13H24N2O. The van der Waals surface area contributed by atoms with E-state index in [0.29, 0.717) is 12.0 Å². The van der Waals surface area contributed by atoms with Crippen LogP contribution in [0, 0.1) is 5.92 Å². The Hall–Kier alpha value is -0.990. The SMILES string of the molecule is C/C(=C\NC(=O)NC1CCCCC1)C(C)C. The first-order chi connectivity index (χ1) is 7.59. The summed E-state index contributed by atoms with van der Waals surface area (Å²) in [5.74, 6) is 0.481. The molecule has 0 saturated heterocycles. The Bertz CT molecular complexity index is 253. The smallest absolute Gasteiger partial charge is 0.318 e. The lowest BCUT2D eigenvalue weighted by atomic mass is 9.96. The van der Waals surface area contributed by atoms with Gasteiger partial charge in [-0.25, -0.2) is 4.79 Å². The Morgan fingerprint density at radius 2 is 1.88 bits per heavy atom. The van der Waals surface area contributed by atoms with Crippen molar-refractivity contribution in [2.45, 2.75) is 58.9 Å². The average molecular weight is 224 g/mol. The zero-order valence-electron chi connectivity index (χ0n) is 10.7. The molecule has 3 heteroatoms. The third kappa shape index (κ3) is 4.69. The molecule has 0 unspecified atom stereocenters. The maximum atomic E-state index is 11.6. The van der Waals surface area contributed by atoms with Crippen molar-refractivity contribution in [3.05, 3.63) is 11.8 Å². The summed E-state index contributed by atoms with van der Waals surface area (Å²) in [6.45, 7) is 6.27. The van der Waals surface area contributed by atoms with Crippen molar-refractivity contribution in [1.29, 1.82) is 0 Å². The second-order valence-electron chi connectivity index (χ2n) is 5.00. The van der Waals surface area contributed by atoms with Crippen molar-refractivity contribution in [2.24, 2.45) is 5.92 Å². The molecule has 0 radical (unpaired) electrons. The van der Waals surface area contributed by atoms with Crippen LogP contribution in [-0.4, -0.2) is 12.1 Å². The third-order valence-electron chi connectivity index (χ3n) is 3.28. The Labute approximate surface area is 98.7 Å². The summed E-state index contributed by atoms with van der Waals surface area (Å²) in [4.78, 5) is 11.6. The van der Waals surface area contributed by atoms with Gasteiger partial charge < -0.3 is 10.6 Å². The average Bonchev–Trinajstić information content (AvgIpc) is 2.27. The van der Waals surface area contributed by atoms with Gasteiger partial charge in [0.05, 0.1) is 0 Å². The van der Waals surface area contributed by atoms with Gasteiger partial charge in [-0.15, -0.1) is 0 Å². The van der Waals surface area contributed by atoms with E-state index in [1.54, 1.807) is 0 Å². The number of hydrogen-bond donors (Lipinski definition) is 2. The number of urea groups is 1. The molecule has 0 spiro atoms. The molecule has 2 N–H and O–H groups in total. The van der Waals surface area contributed by atoms with Crippen molar-refractivity contribution in [1.82, 2.24) is 10.6 Å². The number of allylic oxidation sites excluding steroid dienone is 1. The Morgan fingerprint density at radius 1 is 1.25 bits per heavy atom. The number of carbonyl (C=O) groups is 1. The van der Waals surface area contributed by atoms with Gasteiger partial charge in [-0.1, -0.05) is 38.7 Å². The highest BCUT2D eigenvalue weighted by Crippen LogP contribution is 2.17. The summed E-state index contributed by atoms with van der Waals surface area (Å²) in [7, 11) is 0. The van der Waals surface area contributed by atoms with Crippen LogP contribution in [0.2, 0.25) is 0 Å². The normalized spacial score (nSPS) is 18.6. The van der Waals surface area contributed by atoms with E-state index < -0.39 is 0 Å². The van der Waals surface area contributed by atoms with Crippen LogP contribution in [0.3, 0.4) is 0 Å². The third-order valence-corrected chi connectivity index (χ3v) is 3.28. The van der Waals surface area contributed by atoms with Gasteiger partial charge in [0.2, 0.25) is 0 Å². The van der Waals surface area contributed by atoms with Crippen LogP contribution in [0.25, 0.3) is 0 Å². The number of hydrogen-bond acceptors (Lipinski definition) is 1. The molecule has 0 aromatic rings. The fraction of sp³-hybridized carbons (Fsp3) is 0.769. The molecule has 0 aromatic carbocycles. The molecule has 1 rings (SSSR count). The predicted molar refractivity (Wildman–Crippen MR) is 67.1 cm³/mol. The van der Waals surface area contributed by atoms with Crippen LogP contribution in [0.4, 0.5) is 4.79 Å². The number of rotatable bonds is 3. The molecule has 1 saturated carbocycles. The first-order valence-corrected chi connectivity index (χ1v) is 6.33. The van der Waals surface area contributed by atoms with E-state index in [0.717, 1.165) is 12.8 Å². The standard InChI is InChI=1S/C13H24N2O/c1-10(2)11(3)9-14-13(16)15-12-7-5-4-6-8-12/h9-10,12H,4-8H2,1-3H3,(H2,14,15,16)/b11-9+. The van der Waals surface area contributed by atoms with E-state index in [-0.39, 0.29) is 6.03 Å². The largest absolute Gasteiger partial charge is 0.335 e. The summed E-state index contributed by atoms with van der Waals surface area (Å²) in [6.07, 6.45) is 7.85. The van der Waals surface area contributed by atoms with E-state index in [4.69, 9.17) is 0 Å². The maximum absolute atomic E-state index is 11.6. The first-order valence-electron chi connectivity index (χ1n) is 6.33. The lowest BCUT2D eigenvalue weighted by Crippen LogP contribution is -2.41. The zero-order valence-corrected chi connectivity index (χ0v) is 10.7. The molecule has 1 aliphatic rings. The van der Waals surface area contributed by atoms with Crippen LogP contribution in [0.1, 0.15) is 52.9 Å². The van der Waals surface area contributed by atoms with E-state index in [2.05, 4.69) is 24.5 Å². The molecule has 0 aliphatic heterocycles. The highest BCUT2D eigenvalue weighted by molar-refractivity contribution is 5.75. The Balaban J connectivity index is 2.27. The molecule has 3 nitrogen and oxygen atoms in total. The second kappa shape index (κ2) is 6.56. The van der Waals surface area contributed by atoms with Gasteiger partial charge in [0, 0.05) is 12.2 Å². The van der Waals surface area contributed by atoms with Crippen molar-refractivity contribution in [3.63, 3.8) is 0 Å². The molecular weight excluding hydrogens is 200 g/mol. The fourth-order valence-corrected chi connectivity index (χ4v) is 1.82. The summed E-state index contributed by atoms with van der Waals surface area (Å²) in [5.41, 5.74) is 1.19. The molecule has 16 heavy (non-hydrogen) atoms. The molecule has 92 valence electrons. The maximum Gasteiger partial charge on any atom is 0.318 e. The van der Waals surface area contributed by atoms with Crippen molar-refractivity contribution < 1.29 is 4.79 Å². The number of nitrogens with one attached hydrogen (secondary N) is 2. The molecule has 0 heterocycles. The van der Waals surface area contributed by atoms with Crippen LogP contribution >= 0.6 is 0 Å². The minimum absolute atomic E-state index is 0.0631. The van der Waals surface area contributed by atoms with E-state index in [1.165, 1.54) is 24.8 Å². The quantitative estimate of drug-likeness (QED) is 0.759. The fourth-order valence-electron chi connectivity index (χ4n) is 1.82. The topological polar surface area (TPSA) is 41.1 Å². The minimum atomic E-state index is -0.0631. The second-order valence-corrected chi connectivity index (χ2v) is 5.00. The highest BCUT2D eigenvalue weighted by atomic mass is 16.2. The van der Waals surface area contributed by atoms with Crippen LogP contribution in [-0.2, 0) is 0 Å². The highest BCUT2D eigenvalue weighted by Gasteiger charge is 2.14. The number of carbonyl (C=O) groups excluding carboxylic acids is 1. The lowest BCUT2D eigenvalue weighted by molar-refractivity contribution is 0.236. The van der Waals surface area contributed by atoms with Crippen LogP contribution in [0.15, 0.2) is 11.8 Å². The van der Waals surface area contributed by atoms with Gasteiger partial charge >= 0.3 is 6.03 Å². The van der Waals surface area contributed by atoms with Gasteiger partial charge in [-0.05, 0) is 25.7 Å². The van der Waals surface area contributed by atoms with Crippen LogP contribution in [0.5, 0.6) is 0 Å². The molecule has 0 bridgehead atoms. The molecule has 1 aliphatic carbocycles. The van der Waals surface area contributed by atoms with E-state index in [1.807, 2.05) is 13.1 Å². The van der Waals surface area contributed by atoms with Crippen molar-refractivity contribution >= 4 is 6.03 Å². The monoisotopic (exact) mass is 224 g/mol. The molecule has 0 aromatic heterocycles. The van der Waals surface area contributed by atoms with E-state index in [9.17, 15) is 4.79 Å². The lowest BCUT2D eigenvalue weighted by Gasteiger charge is -2.22. The van der Waals surface area contributed by atoms with Crippen LogP contribution < -0.4 is 10.6 Å². The summed E-state index contributed by atoms with van der Waals surface area (Å²) < 4.78 is 0. The van der Waals surface area contributed by atoms with E-state index >= 15 is 0 Å². The Morgan fingerprint density at radius 3 is 2.44 bits per heavy atom. The summed E-state index contributed by atoms with van der Waals surface area (Å²) >= 11 is 0. The van der Waals surface area contributed by atoms with Gasteiger partial charge in [-0.3, -0.25) is 0 Å². The Kier molecular flexibility index (Phi) is 5.36. The summed E-state index contributed by atoms with van der Waals surface area (Å²) in [6, 6.07) is 0.313. The molecule has 2 amide bonds. The van der Waals surface area contributed by atoms with Gasteiger partial charge in [0.25, 0.3) is 0 Å². The minimum Gasteiger partial charge on any atom is -0.335 e. The van der Waals surface area contributed by atoms with Gasteiger partial charge in [0.1, 0.15) is 0 Å². The molecule has 1 fully saturated rings. The van der Waals surface area contributed by atoms with Gasteiger partial charge in [-0.2, -0.15) is 0 Å². The first kappa shape index (κ1) is 13.1. The predicted octanol–water partition coefficient (Wildman–Crippen LogP) is 3.18. The van der Waals surface area contributed by atoms with Crippen molar-refractivity contribution in [2.75, 3.05) is 0 Å². The number of amides is 2. The van der Waals surface area contributed by atoms with Crippen molar-refractivity contribution in [3.8, 4) is 0 Å². The zero-order chi connectivity index (χ0) is 12.0. The van der Waals surface area contributed by atoms with Gasteiger partial charge in [0.15, 0.2) is 0 Å².